The predicted molar refractivity (Wildman–Crippen MR) is 91.0 cm³/mol. The highest BCUT2D eigenvalue weighted by molar-refractivity contribution is 6.31. The van der Waals surface area contributed by atoms with Gasteiger partial charge >= 0.3 is 0 Å². The van der Waals surface area contributed by atoms with Crippen molar-refractivity contribution in [2.45, 2.75) is 37.0 Å². The van der Waals surface area contributed by atoms with Gasteiger partial charge in [-0.25, -0.2) is 0 Å². The number of fused-ring (bicyclic) bond motifs is 1. The molecule has 1 aromatic heterocycles. The summed E-state index contributed by atoms with van der Waals surface area (Å²) in [7, 11) is 0. The summed E-state index contributed by atoms with van der Waals surface area (Å²) >= 11 is 6.16. The topological polar surface area (TPSA) is 103 Å². The number of nitrogens with one attached hydrogen (secondary N) is 1. The van der Waals surface area contributed by atoms with Gasteiger partial charge in [-0.3, -0.25) is 4.79 Å². The Morgan fingerprint density at radius 1 is 1.33 bits per heavy atom. The SMILES string of the molecule is NC(=O)c1[nH]c2ccc(Cl)cc2c1[C@H]1CC2(CC[C@@H]1N)OCCO2. The van der Waals surface area contributed by atoms with Gasteiger partial charge in [-0.05, 0) is 30.2 Å². The lowest BCUT2D eigenvalue weighted by atomic mass is 9.76. The molecule has 7 heteroatoms. The summed E-state index contributed by atoms with van der Waals surface area (Å²) in [5.74, 6) is -1.19. The summed E-state index contributed by atoms with van der Waals surface area (Å²) in [4.78, 5) is 15.1. The third-order valence-electron chi connectivity index (χ3n) is 5.14. The molecule has 0 unspecified atom stereocenters. The van der Waals surface area contributed by atoms with E-state index in [-0.39, 0.29) is 12.0 Å². The van der Waals surface area contributed by atoms with E-state index in [2.05, 4.69) is 4.98 Å². The number of H-pyrrole nitrogens is 1. The van der Waals surface area contributed by atoms with E-state index in [1.165, 1.54) is 0 Å². The van der Waals surface area contributed by atoms with E-state index in [1.807, 2.05) is 12.1 Å². The number of carbonyl (C=O) groups is 1. The van der Waals surface area contributed by atoms with Crippen molar-refractivity contribution in [3.63, 3.8) is 0 Å². The molecule has 1 aromatic carbocycles. The molecule has 1 amide bonds. The van der Waals surface area contributed by atoms with Crippen LogP contribution in [-0.2, 0) is 9.47 Å². The highest BCUT2D eigenvalue weighted by Gasteiger charge is 2.46. The summed E-state index contributed by atoms with van der Waals surface area (Å²) < 4.78 is 11.7. The standard InChI is InChI=1S/C17H20ClN3O3/c18-9-1-2-13-10(7-9)14(15(21-13)16(20)22)11-8-17(4-3-12(11)19)23-5-6-24-17/h1-2,7,11-12,21H,3-6,8,19H2,(H2,20,22)/t11-,12-/m0/s1. The van der Waals surface area contributed by atoms with Crippen LogP contribution >= 0.6 is 11.6 Å². The lowest BCUT2D eigenvalue weighted by molar-refractivity contribution is -0.182. The Labute approximate surface area is 144 Å². The average molecular weight is 350 g/mol. The van der Waals surface area contributed by atoms with E-state index in [0.717, 1.165) is 29.3 Å². The normalized spacial score (nSPS) is 26.2. The summed E-state index contributed by atoms with van der Waals surface area (Å²) in [6.45, 7) is 1.18. The van der Waals surface area contributed by atoms with Crippen molar-refractivity contribution in [2.24, 2.45) is 11.5 Å². The first-order valence-corrected chi connectivity index (χ1v) is 8.51. The van der Waals surface area contributed by atoms with Crippen molar-refractivity contribution in [1.82, 2.24) is 4.98 Å². The van der Waals surface area contributed by atoms with E-state index in [1.54, 1.807) is 6.07 Å². The third-order valence-corrected chi connectivity index (χ3v) is 5.37. The van der Waals surface area contributed by atoms with Gasteiger partial charge in [0.25, 0.3) is 5.91 Å². The second kappa shape index (κ2) is 5.74. The quantitative estimate of drug-likeness (QED) is 0.773. The minimum atomic E-state index is -0.600. The number of aromatic nitrogens is 1. The Hall–Kier alpha value is -1.60. The van der Waals surface area contributed by atoms with Crippen LogP contribution in [0.4, 0.5) is 0 Å². The molecule has 2 atom stereocenters. The van der Waals surface area contributed by atoms with Crippen molar-refractivity contribution >= 4 is 28.4 Å². The van der Waals surface area contributed by atoms with Crippen molar-refractivity contribution in [3.8, 4) is 0 Å². The number of primary amides is 1. The fourth-order valence-corrected chi connectivity index (χ4v) is 4.19. The van der Waals surface area contributed by atoms with Crippen molar-refractivity contribution < 1.29 is 14.3 Å². The molecular weight excluding hydrogens is 330 g/mol. The van der Waals surface area contributed by atoms with Crippen LogP contribution in [0.3, 0.4) is 0 Å². The number of hydrogen-bond acceptors (Lipinski definition) is 4. The molecule has 2 aromatic rings. The number of amides is 1. The molecule has 24 heavy (non-hydrogen) atoms. The van der Waals surface area contributed by atoms with Gasteiger partial charge in [0, 0.05) is 40.7 Å². The zero-order valence-corrected chi connectivity index (χ0v) is 13.9. The molecule has 2 aliphatic rings. The maximum Gasteiger partial charge on any atom is 0.265 e. The molecule has 2 fully saturated rings. The Bertz CT molecular complexity index is 798. The second-order valence-electron chi connectivity index (χ2n) is 6.59. The van der Waals surface area contributed by atoms with E-state index in [9.17, 15) is 4.79 Å². The summed E-state index contributed by atoms with van der Waals surface area (Å²) in [6.07, 6.45) is 2.13. The molecule has 4 rings (SSSR count). The van der Waals surface area contributed by atoms with Crippen molar-refractivity contribution in [2.75, 3.05) is 13.2 Å². The van der Waals surface area contributed by atoms with Gasteiger partial charge in [0.1, 0.15) is 5.69 Å². The Balaban J connectivity index is 1.85. The van der Waals surface area contributed by atoms with Gasteiger partial charge < -0.3 is 25.9 Å². The molecular formula is C17H20ClN3O3. The second-order valence-corrected chi connectivity index (χ2v) is 7.03. The molecule has 1 saturated heterocycles. The molecule has 1 aliphatic carbocycles. The Morgan fingerprint density at radius 3 is 2.79 bits per heavy atom. The molecule has 0 bridgehead atoms. The number of carbonyl (C=O) groups excluding carboxylic acids is 1. The maximum absolute atomic E-state index is 12.0. The first-order chi connectivity index (χ1) is 11.5. The minimum absolute atomic E-state index is 0.0911. The van der Waals surface area contributed by atoms with Crippen LogP contribution in [0, 0.1) is 0 Å². The van der Waals surface area contributed by atoms with Gasteiger partial charge in [0.05, 0.1) is 13.2 Å². The van der Waals surface area contributed by atoms with E-state index in [0.29, 0.717) is 30.4 Å². The Kier molecular flexibility index (Phi) is 3.80. The molecule has 5 N–H and O–H groups in total. The number of benzene rings is 1. The molecule has 128 valence electrons. The lowest BCUT2D eigenvalue weighted by Gasteiger charge is -2.40. The zero-order valence-electron chi connectivity index (χ0n) is 13.2. The number of hydrogen-bond donors (Lipinski definition) is 3. The van der Waals surface area contributed by atoms with Crippen molar-refractivity contribution in [3.05, 3.63) is 34.5 Å². The predicted octanol–water partition coefficient (Wildman–Crippen LogP) is 2.26. The minimum Gasteiger partial charge on any atom is -0.364 e. The monoisotopic (exact) mass is 349 g/mol. The Morgan fingerprint density at radius 2 is 2.08 bits per heavy atom. The van der Waals surface area contributed by atoms with E-state index in [4.69, 9.17) is 32.5 Å². The molecule has 0 radical (unpaired) electrons. The van der Waals surface area contributed by atoms with Gasteiger partial charge in [0.2, 0.25) is 0 Å². The van der Waals surface area contributed by atoms with Crippen LogP contribution in [0.25, 0.3) is 10.9 Å². The van der Waals surface area contributed by atoms with E-state index >= 15 is 0 Å². The average Bonchev–Trinajstić information content (AvgIpc) is 3.14. The summed E-state index contributed by atoms with van der Waals surface area (Å²) in [5, 5.41) is 1.48. The van der Waals surface area contributed by atoms with Gasteiger partial charge in [-0.15, -0.1) is 0 Å². The number of aromatic amines is 1. The number of halogens is 1. The third kappa shape index (κ3) is 2.50. The molecule has 1 saturated carbocycles. The number of nitrogens with two attached hydrogens (primary N) is 2. The number of rotatable bonds is 2. The maximum atomic E-state index is 12.0. The fourth-order valence-electron chi connectivity index (χ4n) is 4.02. The molecule has 1 spiro atoms. The smallest absolute Gasteiger partial charge is 0.265 e. The van der Waals surface area contributed by atoms with Gasteiger partial charge in [-0.1, -0.05) is 11.6 Å². The van der Waals surface area contributed by atoms with Crippen molar-refractivity contribution in [1.29, 1.82) is 0 Å². The van der Waals surface area contributed by atoms with Crippen LogP contribution in [0.5, 0.6) is 0 Å². The first-order valence-electron chi connectivity index (χ1n) is 8.13. The molecule has 6 nitrogen and oxygen atoms in total. The largest absolute Gasteiger partial charge is 0.364 e. The van der Waals surface area contributed by atoms with Crippen LogP contribution in [-0.4, -0.2) is 35.9 Å². The zero-order chi connectivity index (χ0) is 16.9. The van der Waals surface area contributed by atoms with Crippen LogP contribution in [0.15, 0.2) is 18.2 Å². The van der Waals surface area contributed by atoms with E-state index < -0.39 is 11.7 Å². The summed E-state index contributed by atoms with van der Waals surface area (Å²) in [6, 6.07) is 5.37. The molecule has 1 aliphatic heterocycles. The van der Waals surface area contributed by atoms with Gasteiger partial charge in [-0.2, -0.15) is 0 Å². The first kappa shape index (κ1) is 15.9. The van der Waals surface area contributed by atoms with Crippen LogP contribution in [0.1, 0.15) is 41.2 Å². The molecule has 2 heterocycles. The summed E-state index contributed by atoms with van der Waals surface area (Å²) in [5.41, 5.74) is 14.1. The fraction of sp³-hybridized carbons (Fsp3) is 0.471. The van der Waals surface area contributed by atoms with Gasteiger partial charge in [0.15, 0.2) is 5.79 Å². The highest BCUT2D eigenvalue weighted by atomic mass is 35.5. The van der Waals surface area contributed by atoms with Crippen LogP contribution in [0.2, 0.25) is 5.02 Å². The number of ether oxygens (including phenoxy) is 2. The highest BCUT2D eigenvalue weighted by Crippen LogP contribution is 2.45. The lowest BCUT2D eigenvalue weighted by Crippen LogP contribution is -2.45. The van der Waals surface area contributed by atoms with Crippen LogP contribution < -0.4 is 11.5 Å².